The van der Waals surface area contributed by atoms with Crippen LogP contribution in [0.4, 0.5) is 4.79 Å². The van der Waals surface area contributed by atoms with Crippen LogP contribution in [0.15, 0.2) is 0 Å². The van der Waals surface area contributed by atoms with Gasteiger partial charge in [0.15, 0.2) is 0 Å². The molecule has 0 radical (unpaired) electrons. The molecule has 3 heteroatoms. The van der Waals surface area contributed by atoms with Crippen LogP contribution >= 0.6 is 0 Å². The van der Waals surface area contributed by atoms with Crippen molar-refractivity contribution in [1.82, 2.24) is 10.6 Å². The Labute approximate surface area is 86.6 Å². The summed E-state index contributed by atoms with van der Waals surface area (Å²) >= 11 is 0. The van der Waals surface area contributed by atoms with Crippen molar-refractivity contribution in [1.29, 1.82) is 0 Å². The summed E-state index contributed by atoms with van der Waals surface area (Å²) in [6.07, 6.45) is 4.78. The zero-order valence-corrected chi connectivity index (χ0v) is 9.47. The van der Waals surface area contributed by atoms with Gasteiger partial charge >= 0.3 is 6.03 Å². The third kappa shape index (κ3) is 3.20. The van der Waals surface area contributed by atoms with E-state index in [4.69, 9.17) is 0 Å². The van der Waals surface area contributed by atoms with Crippen LogP contribution in [-0.4, -0.2) is 19.1 Å². The highest BCUT2D eigenvalue weighted by atomic mass is 16.2. The number of rotatable bonds is 2. The van der Waals surface area contributed by atoms with Crippen LogP contribution in [0.1, 0.15) is 39.5 Å². The predicted molar refractivity (Wildman–Crippen MR) is 58.2 cm³/mol. The third-order valence-corrected chi connectivity index (χ3v) is 3.28. The molecule has 0 aromatic carbocycles. The Morgan fingerprint density at radius 3 is 2.21 bits per heavy atom. The molecular formula is C11H22N2O. The molecule has 0 heterocycles. The fourth-order valence-electron chi connectivity index (χ4n) is 2.19. The van der Waals surface area contributed by atoms with Crippen molar-refractivity contribution in [3.8, 4) is 0 Å². The van der Waals surface area contributed by atoms with Crippen LogP contribution in [-0.2, 0) is 0 Å². The minimum absolute atomic E-state index is 0.0435. The van der Waals surface area contributed by atoms with Crippen LogP contribution < -0.4 is 10.6 Å². The molecule has 14 heavy (non-hydrogen) atoms. The van der Waals surface area contributed by atoms with Gasteiger partial charge in [-0.2, -0.15) is 0 Å². The van der Waals surface area contributed by atoms with Crippen molar-refractivity contribution in [2.75, 3.05) is 7.05 Å². The van der Waals surface area contributed by atoms with E-state index in [1.54, 1.807) is 7.05 Å². The van der Waals surface area contributed by atoms with Gasteiger partial charge in [0, 0.05) is 13.1 Å². The molecule has 0 aromatic heterocycles. The van der Waals surface area contributed by atoms with E-state index in [1.807, 2.05) is 0 Å². The summed E-state index contributed by atoms with van der Waals surface area (Å²) in [4.78, 5) is 11.1. The number of carbonyl (C=O) groups excluding carboxylic acids is 1. The second-order valence-corrected chi connectivity index (χ2v) is 4.58. The van der Waals surface area contributed by atoms with Gasteiger partial charge in [-0.1, -0.05) is 13.8 Å². The number of hydrogen-bond donors (Lipinski definition) is 2. The van der Waals surface area contributed by atoms with Gasteiger partial charge in [-0.15, -0.1) is 0 Å². The fourth-order valence-corrected chi connectivity index (χ4v) is 2.19. The van der Waals surface area contributed by atoms with Gasteiger partial charge in [0.25, 0.3) is 0 Å². The van der Waals surface area contributed by atoms with E-state index in [0.717, 1.165) is 24.7 Å². The van der Waals surface area contributed by atoms with E-state index in [1.165, 1.54) is 12.8 Å². The first-order valence-corrected chi connectivity index (χ1v) is 5.61. The van der Waals surface area contributed by atoms with Gasteiger partial charge in [0.2, 0.25) is 0 Å². The van der Waals surface area contributed by atoms with Crippen molar-refractivity contribution < 1.29 is 4.79 Å². The number of carbonyl (C=O) groups is 1. The molecule has 1 saturated carbocycles. The molecule has 1 fully saturated rings. The molecule has 0 unspecified atom stereocenters. The van der Waals surface area contributed by atoms with Crippen LogP contribution in [0.25, 0.3) is 0 Å². The van der Waals surface area contributed by atoms with Crippen LogP contribution in [0, 0.1) is 11.8 Å². The lowest BCUT2D eigenvalue weighted by molar-refractivity contribution is 0.217. The van der Waals surface area contributed by atoms with E-state index < -0.39 is 0 Å². The molecule has 0 saturated heterocycles. The molecule has 0 aliphatic heterocycles. The van der Waals surface area contributed by atoms with Crippen LogP contribution in [0.3, 0.4) is 0 Å². The number of amides is 2. The lowest BCUT2D eigenvalue weighted by Gasteiger charge is -2.31. The predicted octanol–water partition coefficient (Wildman–Crippen LogP) is 2.13. The van der Waals surface area contributed by atoms with Crippen molar-refractivity contribution in [2.45, 2.75) is 45.6 Å². The van der Waals surface area contributed by atoms with Crippen molar-refractivity contribution in [3.63, 3.8) is 0 Å². The lowest BCUT2D eigenvalue weighted by atomic mass is 9.80. The number of urea groups is 1. The quantitative estimate of drug-likeness (QED) is 0.701. The average molecular weight is 198 g/mol. The second kappa shape index (κ2) is 5.23. The summed E-state index contributed by atoms with van der Waals surface area (Å²) < 4.78 is 0. The molecule has 3 nitrogen and oxygen atoms in total. The number of hydrogen-bond acceptors (Lipinski definition) is 1. The summed E-state index contributed by atoms with van der Waals surface area (Å²) in [5.74, 6) is 1.65. The summed E-state index contributed by atoms with van der Waals surface area (Å²) in [5, 5.41) is 5.57. The van der Waals surface area contributed by atoms with Gasteiger partial charge in [-0.25, -0.2) is 4.79 Å². The molecule has 1 aliphatic carbocycles. The minimum Gasteiger partial charge on any atom is -0.341 e. The molecule has 1 aliphatic rings. The standard InChI is InChI=1S/C11H22N2O/c1-8(2)9-4-6-10(7-5-9)13-11(14)12-3/h8-10H,4-7H2,1-3H3,(H2,12,13,14). The monoisotopic (exact) mass is 198 g/mol. The Morgan fingerprint density at radius 1 is 1.21 bits per heavy atom. The normalized spacial score (nSPS) is 27.4. The van der Waals surface area contributed by atoms with Crippen LogP contribution in [0.5, 0.6) is 0 Å². The van der Waals surface area contributed by atoms with E-state index in [2.05, 4.69) is 24.5 Å². The Balaban J connectivity index is 2.25. The largest absolute Gasteiger partial charge is 0.341 e. The third-order valence-electron chi connectivity index (χ3n) is 3.28. The van der Waals surface area contributed by atoms with Gasteiger partial charge in [-0.05, 0) is 37.5 Å². The summed E-state index contributed by atoms with van der Waals surface area (Å²) in [7, 11) is 1.66. The second-order valence-electron chi connectivity index (χ2n) is 4.58. The van der Waals surface area contributed by atoms with Gasteiger partial charge in [0.05, 0.1) is 0 Å². The Kier molecular flexibility index (Phi) is 4.23. The molecule has 2 amide bonds. The zero-order valence-electron chi connectivity index (χ0n) is 9.47. The maximum atomic E-state index is 11.1. The summed E-state index contributed by atoms with van der Waals surface area (Å²) in [5.41, 5.74) is 0. The zero-order chi connectivity index (χ0) is 10.6. The maximum Gasteiger partial charge on any atom is 0.314 e. The molecular weight excluding hydrogens is 176 g/mol. The van der Waals surface area contributed by atoms with Gasteiger partial charge in [0.1, 0.15) is 0 Å². The van der Waals surface area contributed by atoms with E-state index >= 15 is 0 Å². The minimum atomic E-state index is -0.0435. The van der Waals surface area contributed by atoms with Gasteiger partial charge in [-0.3, -0.25) is 0 Å². The Bertz CT molecular complexity index is 184. The van der Waals surface area contributed by atoms with Crippen molar-refractivity contribution >= 4 is 6.03 Å². The molecule has 0 bridgehead atoms. The lowest BCUT2D eigenvalue weighted by Crippen LogP contribution is -2.42. The highest BCUT2D eigenvalue weighted by Gasteiger charge is 2.23. The summed E-state index contributed by atoms with van der Waals surface area (Å²) in [6, 6.07) is 0.350. The van der Waals surface area contributed by atoms with Crippen molar-refractivity contribution in [2.24, 2.45) is 11.8 Å². The SMILES string of the molecule is CNC(=O)NC1CCC(C(C)C)CC1. The van der Waals surface area contributed by atoms with E-state index in [-0.39, 0.29) is 6.03 Å². The number of nitrogens with one attached hydrogen (secondary N) is 2. The van der Waals surface area contributed by atoms with E-state index in [0.29, 0.717) is 6.04 Å². The Morgan fingerprint density at radius 2 is 1.79 bits per heavy atom. The average Bonchev–Trinajstić information content (AvgIpc) is 2.18. The van der Waals surface area contributed by atoms with Crippen LogP contribution in [0.2, 0.25) is 0 Å². The van der Waals surface area contributed by atoms with E-state index in [9.17, 15) is 4.79 Å². The molecule has 0 aromatic rings. The fraction of sp³-hybridized carbons (Fsp3) is 0.909. The first kappa shape index (κ1) is 11.3. The topological polar surface area (TPSA) is 41.1 Å². The Hall–Kier alpha value is -0.730. The molecule has 0 spiro atoms. The van der Waals surface area contributed by atoms with Crippen molar-refractivity contribution in [3.05, 3.63) is 0 Å². The molecule has 0 atom stereocenters. The molecule has 82 valence electrons. The highest BCUT2D eigenvalue weighted by molar-refractivity contribution is 5.73. The smallest absolute Gasteiger partial charge is 0.314 e. The first-order valence-electron chi connectivity index (χ1n) is 5.61. The summed E-state index contributed by atoms with van der Waals surface area (Å²) in [6.45, 7) is 4.58. The first-order chi connectivity index (χ1) is 6.63. The molecule has 1 rings (SSSR count). The highest BCUT2D eigenvalue weighted by Crippen LogP contribution is 2.29. The molecule has 2 N–H and O–H groups in total. The van der Waals surface area contributed by atoms with Gasteiger partial charge < -0.3 is 10.6 Å². The maximum absolute atomic E-state index is 11.1.